The van der Waals surface area contributed by atoms with Crippen LogP contribution in [0.3, 0.4) is 0 Å². The molecule has 0 radical (unpaired) electrons. The quantitative estimate of drug-likeness (QED) is 0.366. The summed E-state index contributed by atoms with van der Waals surface area (Å²) < 4.78 is 0.282. The Morgan fingerprint density at radius 3 is 2.85 bits per heavy atom. The van der Waals surface area contributed by atoms with Crippen molar-refractivity contribution in [2.75, 3.05) is 19.6 Å². The lowest BCUT2D eigenvalue weighted by atomic mass is 10.1. The first-order chi connectivity index (χ1) is 9.64. The van der Waals surface area contributed by atoms with Gasteiger partial charge in [-0.3, -0.25) is 0 Å². The third kappa shape index (κ3) is 4.90. The van der Waals surface area contributed by atoms with Gasteiger partial charge in [0.05, 0.1) is 6.20 Å². The molecule has 0 saturated heterocycles. The van der Waals surface area contributed by atoms with Gasteiger partial charge in [-0.05, 0) is 19.3 Å². The Bertz CT molecular complexity index is 402. The van der Waals surface area contributed by atoms with Crippen LogP contribution in [-0.2, 0) is 4.79 Å². The molecule has 5 nitrogen and oxygen atoms in total. The summed E-state index contributed by atoms with van der Waals surface area (Å²) in [6.45, 7) is 3.23. The summed E-state index contributed by atoms with van der Waals surface area (Å²) in [5.41, 5.74) is 5.63. The van der Waals surface area contributed by atoms with Crippen molar-refractivity contribution in [3.05, 3.63) is 24.6 Å². The average molecular weight is 280 g/mol. The van der Waals surface area contributed by atoms with E-state index in [1.807, 2.05) is 6.20 Å². The Hall–Kier alpha value is -1.46. The minimum absolute atomic E-state index is 0.0260. The molecule has 0 saturated carbocycles. The van der Waals surface area contributed by atoms with Crippen LogP contribution in [0.4, 0.5) is 0 Å². The van der Waals surface area contributed by atoms with Crippen molar-refractivity contribution in [2.24, 2.45) is 10.7 Å². The van der Waals surface area contributed by atoms with Crippen LogP contribution in [0.2, 0.25) is 0 Å². The molecule has 5 heteroatoms. The normalized spacial score (nSPS) is 21.6. The van der Waals surface area contributed by atoms with Crippen LogP contribution in [0.5, 0.6) is 0 Å². The van der Waals surface area contributed by atoms with Crippen molar-refractivity contribution in [1.82, 2.24) is 0 Å². The largest absolute Gasteiger partial charge is 0.477 e. The molecule has 1 unspecified atom stereocenters. The van der Waals surface area contributed by atoms with Crippen molar-refractivity contribution in [3.8, 4) is 0 Å². The fourth-order valence-electron chi connectivity index (χ4n) is 2.41. The van der Waals surface area contributed by atoms with Gasteiger partial charge in [-0.15, -0.1) is 0 Å². The second-order valence-corrected chi connectivity index (χ2v) is 5.09. The van der Waals surface area contributed by atoms with Gasteiger partial charge in [0.1, 0.15) is 12.7 Å². The lowest BCUT2D eigenvalue weighted by Crippen LogP contribution is -2.52. The molecule has 3 N–H and O–H groups in total. The maximum Gasteiger partial charge on any atom is 0.360 e. The molecule has 0 aromatic rings. The predicted molar refractivity (Wildman–Crippen MR) is 81.2 cm³/mol. The lowest BCUT2D eigenvalue weighted by molar-refractivity contribution is -0.778. The number of quaternary nitrogens is 1. The highest BCUT2D eigenvalue weighted by Crippen LogP contribution is 2.20. The van der Waals surface area contributed by atoms with E-state index < -0.39 is 5.97 Å². The van der Waals surface area contributed by atoms with E-state index in [0.29, 0.717) is 13.1 Å². The summed E-state index contributed by atoms with van der Waals surface area (Å²) in [5.74, 6) is 0.0993. The highest BCUT2D eigenvalue weighted by Gasteiger charge is 2.36. The molecule has 1 rings (SSSR count). The van der Waals surface area contributed by atoms with E-state index in [9.17, 15) is 4.79 Å². The summed E-state index contributed by atoms with van der Waals surface area (Å²) in [6.07, 6.45) is 13.1. The molecule has 0 fully saturated rings. The fourth-order valence-corrected chi connectivity index (χ4v) is 2.41. The summed E-state index contributed by atoms with van der Waals surface area (Å²) in [4.78, 5) is 15.4. The van der Waals surface area contributed by atoms with Crippen LogP contribution in [0, 0.1) is 0 Å². The van der Waals surface area contributed by atoms with Crippen LogP contribution >= 0.6 is 0 Å². The SMILES string of the molecule is CCC/C=C/CCCC1=NC=C[N+]1(CCN)CC(=O)O. The molecule has 20 heavy (non-hydrogen) atoms. The highest BCUT2D eigenvalue weighted by molar-refractivity contribution is 5.81. The van der Waals surface area contributed by atoms with Crippen LogP contribution < -0.4 is 5.73 Å². The van der Waals surface area contributed by atoms with Gasteiger partial charge >= 0.3 is 5.97 Å². The van der Waals surface area contributed by atoms with Crippen molar-refractivity contribution in [1.29, 1.82) is 0 Å². The number of hydrogen-bond donors (Lipinski definition) is 2. The van der Waals surface area contributed by atoms with E-state index in [0.717, 1.165) is 31.5 Å². The number of hydrogen-bond acceptors (Lipinski definition) is 3. The number of rotatable bonds is 10. The molecule has 1 heterocycles. The van der Waals surface area contributed by atoms with Gasteiger partial charge in [0.15, 0.2) is 6.54 Å². The van der Waals surface area contributed by atoms with Crippen molar-refractivity contribution >= 4 is 11.8 Å². The van der Waals surface area contributed by atoms with E-state index in [-0.39, 0.29) is 11.0 Å². The van der Waals surface area contributed by atoms with Gasteiger partial charge in [0.25, 0.3) is 0 Å². The Morgan fingerprint density at radius 2 is 2.20 bits per heavy atom. The third-order valence-corrected chi connectivity index (χ3v) is 3.43. The number of amidine groups is 1. The lowest BCUT2D eigenvalue weighted by Gasteiger charge is -2.30. The molecule has 0 aliphatic carbocycles. The maximum absolute atomic E-state index is 11.1. The number of carboxylic acids is 1. The Morgan fingerprint density at radius 1 is 1.45 bits per heavy atom. The zero-order chi connectivity index (χ0) is 14.8. The van der Waals surface area contributed by atoms with Crippen LogP contribution in [-0.4, -0.2) is 41.0 Å². The van der Waals surface area contributed by atoms with Crippen LogP contribution in [0.25, 0.3) is 0 Å². The highest BCUT2D eigenvalue weighted by atomic mass is 16.4. The van der Waals surface area contributed by atoms with Crippen molar-refractivity contribution < 1.29 is 14.4 Å². The average Bonchev–Trinajstić information content (AvgIpc) is 2.76. The third-order valence-electron chi connectivity index (χ3n) is 3.43. The number of nitrogens with two attached hydrogens (primary N) is 1. The van der Waals surface area contributed by atoms with Gasteiger partial charge in [0, 0.05) is 13.0 Å². The van der Waals surface area contributed by atoms with Gasteiger partial charge in [0.2, 0.25) is 5.84 Å². The zero-order valence-electron chi connectivity index (χ0n) is 12.3. The maximum atomic E-state index is 11.1. The minimum atomic E-state index is -0.819. The van der Waals surface area contributed by atoms with E-state index >= 15 is 0 Å². The number of carboxylic acid groups (broad SMARTS) is 1. The Balaban J connectivity index is 2.52. The molecule has 112 valence electrons. The van der Waals surface area contributed by atoms with E-state index in [4.69, 9.17) is 10.8 Å². The fraction of sp³-hybridized carbons (Fsp3) is 0.600. The second-order valence-electron chi connectivity index (χ2n) is 5.09. The summed E-state index contributed by atoms with van der Waals surface area (Å²) >= 11 is 0. The molecule has 0 aromatic carbocycles. The first-order valence-electron chi connectivity index (χ1n) is 7.33. The van der Waals surface area contributed by atoms with Crippen molar-refractivity contribution in [3.63, 3.8) is 0 Å². The smallest absolute Gasteiger partial charge is 0.360 e. The first-order valence-corrected chi connectivity index (χ1v) is 7.33. The molecule has 0 bridgehead atoms. The monoisotopic (exact) mass is 280 g/mol. The van der Waals surface area contributed by atoms with Gasteiger partial charge < -0.3 is 10.8 Å². The molecule has 1 aliphatic heterocycles. The van der Waals surface area contributed by atoms with E-state index in [2.05, 4.69) is 24.1 Å². The number of nitrogens with zero attached hydrogens (tertiary/aromatic N) is 2. The molecular formula is C15H26N3O2+. The second kappa shape index (κ2) is 8.66. The number of unbranched alkanes of at least 4 members (excludes halogenated alkanes) is 2. The molecule has 1 aliphatic rings. The van der Waals surface area contributed by atoms with Crippen LogP contribution in [0.15, 0.2) is 29.5 Å². The standard InChI is InChI=1S/C15H25N3O2/c1-2-3-4-5-6-7-8-14-17-10-12-18(14,11-9-16)13-15(19)20/h4-5,10,12H,2-3,6-9,11,13,16H2,1H3/p+1/b5-4+. The zero-order valence-corrected chi connectivity index (χ0v) is 12.3. The molecule has 1 atom stereocenters. The number of aliphatic carboxylic acids is 1. The number of aliphatic imine (C=N–C) groups is 1. The number of allylic oxidation sites excluding steroid dienone is 2. The Labute approximate surface area is 121 Å². The van der Waals surface area contributed by atoms with Crippen LogP contribution in [0.1, 0.15) is 39.0 Å². The van der Waals surface area contributed by atoms with Gasteiger partial charge in [-0.1, -0.05) is 25.5 Å². The Kier molecular flexibility index (Phi) is 7.18. The summed E-state index contributed by atoms with van der Waals surface area (Å²) in [6, 6.07) is 0. The van der Waals surface area contributed by atoms with Crippen molar-refractivity contribution in [2.45, 2.75) is 39.0 Å². The molecule has 0 aromatic heterocycles. The molecular weight excluding hydrogens is 254 g/mol. The van der Waals surface area contributed by atoms with E-state index in [1.165, 1.54) is 6.42 Å². The van der Waals surface area contributed by atoms with Gasteiger partial charge in [-0.25, -0.2) is 14.3 Å². The predicted octanol–water partition coefficient (Wildman–Crippen LogP) is 2.26. The topological polar surface area (TPSA) is 75.7 Å². The molecule has 0 amide bonds. The molecule has 0 spiro atoms. The first kappa shape index (κ1) is 16.6. The summed E-state index contributed by atoms with van der Waals surface area (Å²) in [7, 11) is 0. The summed E-state index contributed by atoms with van der Waals surface area (Å²) in [5, 5.41) is 9.10. The van der Waals surface area contributed by atoms with E-state index in [1.54, 1.807) is 6.20 Å². The van der Waals surface area contributed by atoms with Gasteiger partial charge in [-0.2, -0.15) is 0 Å². The minimum Gasteiger partial charge on any atom is -0.477 e. The number of carbonyl (C=O) groups is 1.